The third kappa shape index (κ3) is 3.56. The van der Waals surface area contributed by atoms with Gasteiger partial charge in [-0.2, -0.15) is 0 Å². The Kier molecular flexibility index (Phi) is 4.59. The molecule has 4 aromatic rings. The highest BCUT2D eigenvalue weighted by Gasteiger charge is 2.20. The zero-order valence-electron chi connectivity index (χ0n) is 14.3. The van der Waals surface area contributed by atoms with Crippen LogP contribution < -0.4 is 5.73 Å². The standard InChI is InChI=1S/C18H19N7S/c1-12-22-16(10-26-12)17-23-18(15(19)7-14-8-20-11-21-14)25(24-17)9-13-5-3-2-4-6-13/h2-6,8,10-11,15H,7,9,19H2,1H3,(H,20,21). The Morgan fingerprint density at radius 2 is 2.08 bits per heavy atom. The van der Waals surface area contributed by atoms with Crippen LogP contribution in [0.1, 0.15) is 28.1 Å². The van der Waals surface area contributed by atoms with Crippen molar-refractivity contribution in [2.45, 2.75) is 25.9 Å². The minimum absolute atomic E-state index is 0.292. The summed E-state index contributed by atoms with van der Waals surface area (Å²) < 4.78 is 1.88. The molecule has 1 aromatic carbocycles. The highest BCUT2D eigenvalue weighted by Crippen LogP contribution is 2.22. The van der Waals surface area contributed by atoms with Gasteiger partial charge in [0.15, 0.2) is 0 Å². The summed E-state index contributed by atoms with van der Waals surface area (Å²) in [6.45, 7) is 2.59. The van der Waals surface area contributed by atoms with E-state index in [-0.39, 0.29) is 6.04 Å². The van der Waals surface area contributed by atoms with Crippen molar-refractivity contribution in [1.82, 2.24) is 29.7 Å². The summed E-state index contributed by atoms with van der Waals surface area (Å²) in [6.07, 6.45) is 4.05. The second kappa shape index (κ2) is 7.19. The molecule has 3 N–H and O–H groups in total. The fourth-order valence-electron chi connectivity index (χ4n) is 2.80. The number of hydrogen-bond donors (Lipinski definition) is 2. The maximum atomic E-state index is 6.45. The molecule has 0 saturated heterocycles. The first-order valence-corrected chi connectivity index (χ1v) is 9.21. The molecule has 0 radical (unpaired) electrons. The van der Waals surface area contributed by atoms with E-state index in [2.05, 4.69) is 32.2 Å². The smallest absolute Gasteiger partial charge is 0.200 e. The Bertz CT molecular complexity index is 972. The van der Waals surface area contributed by atoms with E-state index in [1.54, 1.807) is 23.9 Å². The summed E-state index contributed by atoms with van der Waals surface area (Å²) in [4.78, 5) is 16.3. The molecule has 0 bridgehead atoms. The lowest BCUT2D eigenvalue weighted by atomic mass is 10.1. The Labute approximate surface area is 155 Å². The number of aryl methyl sites for hydroxylation is 1. The summed E-state index contributed by atoms with van der Waals surface area (Å²) in [5.41, 5.74) is 9.35. The second-order valence-corrected chi connectivity index (χ2v) is 7.14. The van der Waals surface area contributed by atoms with E-state index in [1.165, 1.54) is 0 Å². The first kappa shape index (κ1) is 16.6. The minimum Gasteiger partial charge on any atom is -0.348 e. The van der Waals surface area contributed by atoms with Crippen molar-refractivity contribution in [2.24, 2.45) is 5.73 Å². The Morgan fingerprint density at radius 3 is 2.77 bits per heavy atom. The third-order valence-electron chi connectivity index (χ3n) is 4.05. The minimum atomic E-state index is -0.292. The number of hydrogen-bond acceptors (Lipinski definition) is 6. The van der Waals surface area contributed by atoms with Crippen molar-refractivity contribution in [3.05, 3.63) is 70.3 Å². The number of thiazole rings is 1. The number of nitrogens with one attached hydrogen (secondary N) is 1. The molecule has 0 aliphatic carbocycles. The molecule has 8 heteroatoms. The zero-order chi connectivity index (χ0) is 17.9. The lowest BCUT2D eigenvalue weighted by Crippen LogP contribution is -2.20. The molecule has 26 heavy (non-hydrogen) atoms. The second-order valence-electron chi connectivity index (χ2n) is 6.08. The van der Waals surface area contributed by atoms with Crippen LogP contribution in [0, 0.1) is 6.92 Å². The summed E-state index contributed by atoms with van der Waals surface area (Å²) in [5, 5.41) is 7.65. The van der Waals surface area contributed by atoms with Gasteiger partial charge in [0.05, 0.1) is 23.9 Å². The maximum absolute atomic E-state index is 6.45. The molecule has 3 heterocycles. The van der Waals surface area contributed by atoms with Gasteiger partial charge in [0.25, 0.3) is 0 Å². The molecule has 0 amide bonds. The van der Waals surface area contributed by atoms with Crippen LogP contribution in [-0.4, -0.2) is 29.7 Å². The van der Waals surface area contributed by atoms with Gasteiger partial charge in [0.1, 0.15) is 11.5 Å². The van der Waals surface area contributed by atoms with Crippen LogP contribution in [0.3, 0.4) is 0 Å². The average molecular weight is 365 g/mol. The number of benzene rings is 1. The summed E-state index contributed by atoms with van der Waals surface area (Å²) in [5.74, 6) is 1.35. The number of rotatable bonds is 6. The highest BCUT2D eigenvalue weighted by atomic mass is 32.1. The number of H-pyrrole nitrogens is 1. The fourth-order valence-corrected chi connectivity index (χ4v) is 3.39. The van der Waals surface area contributed by atoms with Crippen molar-refractivity contribution < 1.29 is 0 Å². The molecule has 0 aliphatic heterocycles. The Morgan fingerprint density at radius 1 is 1.23 bits per heavy atom. The molecule has 3 aromatic heterocycles. The summed E-state index contributed by atoms with van der Waals surface area (Å²) >= 11 is 1.59. The van der Waals surface area contributed by atoms with Crippen molar-refractivity contribution in [1.29, 1.82) is 0 Å². The number of imidazole rings is 1. The van der Waals surface area contributed by atoms with Crippen molar-refractivity contribution >= 4 is 11.3 Å². The van der Waals surface area contributed by atoms with Crippen molar-refractivity contribution in [2.75, 3.05) is 0 Å². The normalized spacial score (nSPS) is 12.4. The maximum Gasteiger partial charge on any atom is 0.200 e. The average Bonchev–Trinajstić information content (AvgIpc) is 3.37. The van der Waals surface area contributed by atoms with E-state index >= 15 is 0 Å². The monoisotopic (exact) mass is 365 g/mol. The number of nitrogens with two attached hydrogens (primary N) is 1. The van der Waals surface area contributed by atoms with Crippen LogP contribution >= 0.6 is 11.3 Å². The molecule has 0 aliphatic rings. The summed E-state index contributed by atoms with van der Waals surface area (Å²) in [7, 11) is 0. The van der Waals surface area contributed by atoms with Crippen LogP contribution in [-0.2, 0) is 13.0 Å². The highest BCUT2D eigenvalue weighted by molar-refractivity contribution is 7.09. The molecule has 1 atom stereocenters. The lowest BCUT2D eigenvalue weighted by Gasteiger charge is -2.12. The van der Waals surface area contributed by atoms with Gasteiger partial charge < -0.3 is 10.7 Å². The molecule has 1 unspecified atom stereocenters. The van der Waals surface area contributed by atoms with Gasteiger partial charge in [-0.25, -0.2) is 19.6 Å². The lowest BCUT2D eigenvalue weighted by molar-refractivity contribution is 0.567. The van der Waals surface area contributed by atoms with Gasteiger partial charge in [0, 0.05) is 23.7 Å². The first-order chi connectivity index (χ1) is 12.7. The molecule has 0 fully saturated rings. The van der Waals surface area contributed by atoms with Crippen LogP contribution in [0.2, 0.25) is 0 Å². The molecule has 0 spiro atoms. The number of nitrogens with zero attached hydrogens (tertiary/aromatic N) is 5. The van der Waals surface area contributed by atoms with E-state index in [4.69, 9.17) is 10.7 Å². The largest absolute Gasteiger partial charge is 0.348 e. The first-order valence-electron chi connectivity index (χ1n) is 8.33. The molecule has 132 valence electrons. The van der Waals surface area contributed by atoms with Gasteiger partial charge in [0.2, 0.25) is 5.82 Å². The van der Waals surface area contributed by atoms with E-state index in [1.807, 2.05) is 35.2 Å². The van der Waals surface area contributed by atoms with E-state index in [0.29, 0.717) is 18.8 Å². The van der Waals surface area contributed by atoms with Gasteiger partial charge in [-0.15, -0.1) is 16.4 Å². The van der Waals surface area contributed by atoms with Gasteiger partial charge in [-0.1, -0.05) is 30.3 Å². The van der Waals surface area contributed by atoms with Crippen molar-refractivity contribution in [3.8, 4) is 11.5 Å². The fraction of sp³-hybridized carbons (Fsp3) is 0.222. The van der Waals surface area contributed by atoms with Crippen LogP contribution in [0.4, 0.5) is 0 Å². The zero-order valence-corrected chi connectivity index (χ0v) is 15.1. The van der Waals surface area contributed by atoms with Gasteiger partial charge in [-0.05, 0) is 12.5 Å². The quantitative estimate of drug-likeness (QED) is 0.547. The molecular weight excluding hydrogens is 346 g/mol. The van der Waals surface area contributed by atoms with E-state index in [9.17, 15) is 0 Å². The van der Waals surface area contributed by atoms with Crippen LogP contribution in [0.5, 0.6) is 0 Å². The predicted molar refractivity (Wildman–Crippen MR) is 101 cm³/mol. The molecule has 0 saturated carbocycles. The number of aromatic nitrogens is 6. The van der Waals surface area contributed by atoms with Gasteiger partial charge >= 0.3 is 0 Å². The predicted octanol–water partition coefficient (Wildman–Crippen LogP) is 2.72. The third-order valence-corrected chi connectivity index (χ3v) is 4.82. The van der Waals surface area contributed by atoms with Gasteiger partial charge in [-0.3, -0.25) is 0 Å². The Balaban J connectivity index is 1.68. The SMILES string of the molecule is Cc1nc(-c2nc(C(N)Cc3cnc[nH]3)n(Cc3ccccc3)n2)cs1. The van der Waals surface area contributed by atoms with E-state index in [0.717, 1.165) is 27.8 Å². The summed E-state index contributed by atoms with van der Waals surface area (Å²) in [6, 6.07) is 9.87. The van der Waals surface area contributed by atoms with Crippen LogP contribution in [0.15, 0.2) is 48.2 Å². The molecular formula is C18H19N7S. The van der Waals surface area contributed by atoms with Crippen molar-refractivity contribution in [3.63, 3.8) is 0 Å². The topological polar surface area (TPSA) is 98.3 Å². The molecule has 4 rings (SSSR count). The molecule has 7 nitrogen and oxygen atoms in total. The number of aromatic amines is 1. The Hall–Kier alpha value is -2.84. The van der Waals surface area contributed by atoms with E-state index < -0.39 is 0 Å². The van der Waals surface area contributed by atoms with Crippen LogP contribution in [0.25, 0.3) is 11.5 Å².